The fourth-order valence-electron chi connectivity index (χ4n) is 2.73. The first-order valence-corrected chi connectivity index (χ1v) is 9.85. The Morgan fingerprint density at radius 3 is 2.55 bits per heavy atom. The van der Waals surface area contributed by atoms with Gasteiger partial charge in [0.25, 0.3) is 0 Å². The summed E-state index contributed by atoms with van der Waals surface area (Å²) in [5.41, 5.74) is 7.25. The molecule has 1 aliphatic rings. The van der Waals surface area contributed by atoms with Crippen LogP contribution in [-0.4, -0.2) is 49.0 Å². The van der Waals surface area contributed by atoms with E-state index in [-0.39, 0.29) is 12.1 Å². The van der Waals surface area contributed by atoms with Crippen LogP contribution in [0.15, 0.2) is 30.3 Å². The quantitative estimate of drug-likeness (QED) is 0.912. The van der Waals surface area contributed by atoms with E-state index in [2.05, 4.69) is 4.90 Å². The van der Waals surface area contributed by atoms with Crippen LogP contribution < -0.4 is 5.73 Å². The number of rotatable bonds is 4. The molecule has 1 fully saturated rings. The molecule has 1 heterocycles. The summed E-state index contributed by atoms with van der Waals surface area (Å²) in [5.74, 6) is 1.57. The molecule has 0 amide bonds. The second kappa shape index (κ2) is 6.47. The average Bonchev–Trinajstić information content (AvgIpc) is 2.39. The molecule has 112 valence electrons. The van der Waals surface area contributed by atoms with Crippen LogP contribution in [0.4, 0.5) is 0 Å². The van der Waals surface area contributed by atoms with Crippen molar-refractivity contribution in [3.05, 3.63) is 35.9 Å². The molecule has 0 spiro atoms. The minimum Gasteiger partial charge on any atom is -0.326 e. The molecule has 0 radical (unpaired) electrons. The number of hydrogen-bond acceptors (Lipinski definition) is 5. The van der Waals surface area contributed by atoms with Crippen molar-refractivity contribution in [3.8, 4) is 0 Å². The van der Waals surface area contributed by atoms with E-state index in [9.17, 15) is 8.42 Å². The van der Waals surface area contributed by atoms with E-state index in [0.717, 1.165) is 17.9 Å². The van der Waals surface area contributed by atoms with Gasteiger partial charge in [0.05, 0.1) is 6.04 Å². The molecule has 2 rings (SSSR count). The molecule has 20 heavy (non-hydrogen) atoms. The van der Waals surface area contributed by atoms with Crippen molar-refractivity contribution >= 4 is 21.6 Å². The molecular weight excluding hydrogens is 292 g/mol. The van der Waals surface area contributed by atoms with Crippen LogP contribution in [0.2, 0.25) is 0 Å². The SMILES string of the molecule is CC(N)C(c1ccccc1)N1CCSCC1S(C)(=O)=O. The largest absolute Gasteiger partial charge is 0.326 e. The third-order valence-corrected chi connectivity index (χ3v) is 6.27. The molecular formula is C14H22N2O2S2. The maximum absolute atomic E-state index is 12.1. The molecule has 0 aromatic heterocycles. The maximum atomic E-state index is 12.1. The summed E-state index contributed by atoms with van der Waals surface area (Å²) in [7, 11) is -3.11. The van der Waals surface area contributed by atoms with E-state index in [1.807, 2.05) is 37.3 Å². The third-order valence-electron chi connectivity index (χ3n) is 3.61. The Morgan fingerprint density at radius 2 is 2.00 bits per heavy atom. The monoisotopic (exact) mass is 314 g/mol. The molecule has 0 saturated carbocycles. The summed E-state index contributed by atoms with van der Waals surface area (Å²) < 4.78 is 24.1. The Balaban J connectivity index is 2.37. The third kappa shape index (κ3) is 3.55. The summed E-state index contributed by atoms with van der Waals surface area (Å²) in [6, 6.07) is 9.77. The Morgan fingerprint density at radius 1 is 1.35 bits per heavy atom. The number of nitrogens with two attached hydrogens (primary N) is 1. The first-order chi connectivity index (χ1) is 9.41. The minimum atomic E-state index is -3.11. The van der Waals surface area contributed by atoms with Gasteiger partial charge in [-0.1, -0.05) is 30.3 Å². The predicted molar refractivity (Wildman–Crippen MR) is 85.5 cm³/mol. The van der Waals surface area contributed by atoms with Gasteiger partial charge in [0, 0.05) is 30.3 Å². The van der Waals surface area contributed by atoms with Crippen LogP contribution in [0.5, 0.6) is 0 Å². The van der Waals surface area contributed by atoms with Gasteiger partial charge in [0.2, 0.25) is 0 Å². The Hall–Kier alpha value is -0.560. The van der Waals surface area contributed by atoms with Gasteiger partial charge in [-0.25, -0.2) is 8.42 Å². The molecule has 1 aliphatic heterocycles. The number of thioether (sulfide) groups is 1. The van der Waals surface area contributed by atoms with E-state index in [4.69, 9.17) is 5.73 Å². The highest BCUT2D eigenvalue weighted by Gasteiger charge is 2.37. The van der Waals surface area contributed by atoms with Crippen molar-refractivity contribution in [1.82, 2.24) is 4.90 Å². The van der Waals surface area contributed by atoms with Crippen molar-refractivity contribution in [2.45, 2.75) is 24.4 Å². The van der Waals surface area contributed by atoms with Crippen LogP contribution in [0.25, 0.3) is 0 Å². The molecule has 1 saturated heterocycles. The van der Waals surface area contributed by atoms with Crippen molar-refractivity contribution in [2.75, 3.05) is 24.3 Å². The minimum absolute atomic E-state index is 0.0585. The summed E-state index contributed by atoms with van der Waals surface area (Å²) in [6.07, 6.45) is 1.32. The lowest BCUT2D eigenvalue weighted by atomic mass is 9.99. The zero-order chi connectivity index (χ0) is 14.8. The van der Waals surface area contributed by atoms with E-state index < -0.39 is 15.2 Å². The number of nitrogens with zero attached hydrogens (tertiary/aromatic N) is 1. The molecule has 1 aromatic rings. The van der Waals surface area contributed by atoms with Gasteiger partial charge < -0.3 is 5.73 Å². The topological polar surface area (TPSA) is 63.4 Å². The van der Waals surface area contributed by atoms with Crippen LogP contribution >= 0.6 is 11.8 Å². The fourth-order valence-corrected chi connectivity index (χ4v) is 5.63. The van der Waals surface area contributed by atoms with E-state index >= 15 is 0 Å². The van der Waals surface area contributed by atoms with Gasteiger partial charge in [0.15, 0.2) is 9.84 Å². The lowest BCUT2D eigenvalue weighted by Gasteiger charge is -2.41. The lowest BCUT2D eigenvalue weighted by molar-refractivity contribution is 0.172. The summed E-state index contributed by atoms with van der Waals surface area (Å²) in [5, 5.41) is -0.447. The Labute approximate surface area is 125 Å². The van der Waals surface area contributed by atoms with E-state index in [0.29, 0.717) is 5.75 Å². The van der Waals surface area contributed by atoms with Gasteiger partial charge in [0.1, 0.15) is 5.37 Å². The molecule has 6 heteroatoms. The smallest absolute Gasteiger partial charge is 0.164 e. The van der Waals surface area contributed by atoms with Crippen molar-refractivity contribution in [2.24, 2.45) is 5.73 Å². The van der Waals surface area contributed by atoms with E-state index in [1.165, 1.54) is 6.26 Å². The molecule has 4 nitrogen and oxygen atoms in total. The normalized spacial score (nSPS) is 24.2. The maximum Gasteiger partial charge on any atom is 0.164 e. The van der Waals surface area contributed by atoms with Gasteiger partial charge >= 0.3 is 0 Å². The second-order valence-electron chi connectivity index (χ2n) is 5.31. The summed E-state index contributed by atoms with van der Waals surface area (Å²) in [4.78, 5) is 2.06. The second-order valence-corrected chi connectivity index (χ2v) is 8.66. The predicted octanol–water partition coefficient (Wildman–Crippen LogP) is 1.49. The molecule has 3 atom stereocenters. The van der Waals surface area contributed by atoms with Crippen LogP contribution in [0, 0.1) is 0 Å². The standard InChI is InChI=1S/C14H22N2O2S2/c1-11(15)14(12-6-4-3-5-7-12)16-8-9-19-10-13(16)20(2,17)18/h3-7,11,13-14H,8-10,15H2,1-2H3. The van der Waals surface area contributed by atoms with Gasteiger partial charge in [-0.3, -0.25) is 4.90 Å². The Bertz CT molecular complexity index is 531. The fraction of sp³-hybridized carbons (Fsp3) is 0.571. The first-order valence-electron chi connectivity index (χ1n) is 6.74. The van der Waals surface area contributed by atoms with Crippen molar-refractivity contribution < 1.29 is 8.42 Å². The number of hydrogen-bond donors (Lipinski definition) is 1. The summed E-state index contributed by atoms with van der Waals surface area (Å²) in [6.45, 7) is 2.70. The first kappa shape index (κ1) is 15.8. The number of sulfone groups is 1. The highest BCUT2D eigenvalue weighted by Crippen LogP contribution is 2.31. The highest BCUT2D eigenvalue weighted by molar-refractivity contribution is 8.00. The zero-order valence-electron chi connectivity index (χ0n) is 11.9. The molecule has 2 N–H and O–H groups in total. The van der Waals surface area contributed by atoms with Crippen molar-refractivity contribution in [3.63, 3.8) is 0 Å². The number of benzene rings is 1. The summed E-state index contributed by atoms with van der Waals surface area (Å²) >= 11 is 1.70. The van der Waals surface area contributed by atoms with Gasteiger partial charge in [-0.05, 0) is 12.5 Å². The van der Waals surface area contributed by atoms with E-state index in [1.54, 1.807) is 11.8 Å². The average molecular weight is 314 g/mol. The van der Waals surface area contributed by atoms with Crippen LogP contribution in [-0.2, 0) is 9.84 Å². The zero-order valence-corrected chi connectivity index (χ0v) is 13.5. The molecule has 1 aromatic carbocycles. The van der Waals surface area contributed by atoms with Crippen molar-refractivity contribution in [1.29, 1.82) is 0 Å². The van der Waals surface area contributed by atoms with Gasteiger partial charge in [-0.2, -0.15) is 11.8 Å². The highest BCUT2D eigenvalue weighted by atomic mass is 32.2. The van der Waals surface area contributed by atoms with Crippen LogP contribution in [0.3, 0.4) is 0 Å². The molecule has 3 unspecified atom stereocenters. The Kier molecular flexibility index (Phi) is 5.12. The lowest BCUT2D eigenvalue weighted by Crippen LogP contribution is -2.52. The van der Waals surface area contributed by atoms with Gasteiger partial charge in [-0.15, -0.1) is 0 Å². The van der Waals surface area contributed by atoms with Crippen LogP contribution in [0.1, 0.15) is 18.5 Å². The molecule has 0 aliphatic carbocycles. The molecule has 0 bridgehead atoms.